The fraction of sp³-hybridized carbons (Fsp3) is 1.00. The minimum absolute atomic E-state index is 0.685. The Balaban J connectivity index is 2.16. The second-order valence-electron chi connectivity index (χ2n) is 6.43. The molecule has 0 nitrogen and oxygen atoms in total. The van der Waals surface area contributed by atoms with Gasteiger partial charge in [0.05, 0.1) is 0 Å². The van der Waals surface area contributed by atoms with Gasteiger partial charge in [-0.15, -0.1) is 0 Å². The molecule has 0 aliphatic heterocycles. The van der Waals surface area contributed by atoms with Gasteiger partial charge in [0.2, 0.25) is 0 Å². The standard InChI is InChI=1S/C14H26/c1-10-7-8-14(4)12(3)11(2)5-6-13(14)9-10/h10-13H,5-9H2,1-4H3. The Bertz CT molecular complexity index is 208. The van der Waals surface area contributed by atoms with E-state index in [9.17, 15) is 0 Å². The Hall–Kier alpha value is 0. The van der Waals surface area contributed by atoms with Gasteiger partial charge in [0, 0.05) is 0 Å². The molecule has 0 aromatic rings. The van der Waals surface area contributed by atoms with E-state index in [1.807, 2.05) is 0 Å². The van der Waals surface area contributed by atoms with Crippen LogP contribution in [0.5, 0.6) is 0 Å². The lowest BCUT2D eigenvalue weighted by Crippen LogP contribution is -2.44. The highest BCUT2D eigenvalue weighted by Gasteiger charge is 2.46. The molecule has 0 N–H and O–H groups in total. The zero-order valence-corrected chi connectivity index (χ0v) is 10.3. The van der Waals surface area contributed by atoms with E-state index in [-0.39, 0.29) is 0 Å². The summed E-state index contributed by atoms with van der Waals surface area (Å²) in [6.45, 7) is 9.99. The van der Waals surface area contributed by atoms with Crippen LogP contribution in [-0.2, 0) is 0 Å². The molecule has 14 heavy (non-hydrogen) atoms. The molecule has 2 saturated carbocycles. The lowest BCUT2D eigenvalue weighted by atomic mass is 9.52. The van der Waals surface area contributed by atoms with E-state index in [1.165, 1.54) is 32.1 Å². The topological polar surface area (TPSA) is 0 Å². The van der Waals surface area contributed by atoms with Gasteiger partial charge >= 0.3 is 0 Å². The predicted octanol–water partition coefficient (Wildman–Crippen LogP) is 4.49. The number of rotatable bonds is 0. The molecule has 2 rings (SSSR count). The fourth-order valence-corrected chi connectivity index (χ4v) is 4.05. The van der Waals surface area contributed by atoms with Gasteiger partial charge in [0.1, 0.15) is 0 Å². The Morgan fingerprint density at radius 2 is 1.71 bits per heavy atom. The van der Waals surface area contributed by atoms with Crippen molar-refractivity contribution in [1.29, 1.82) is 0 Å². The van der Waals surface area contributed by atoms with Crippen LogP contribution in [-0.4, -0.2) is 0 Å². The summed E-state index contributed by atoms with van der Waals surface area (Å²) in [6, 6.07) is 0. The van der Waals surface area contributed by atoms with Crippen molar-refractivity contribution in [2.45, 2.75) is 59.8 Å². The fourth-order valence-electron chi connectivity index (χ4n) is 4.05. The van der Waals surface area contributed by atoms with Crippen molar-refractivity contribution in [1.82, 2.24) is 0 Å². The molecule has 0 spiro atoms. The molecule has 82 valence electrons. The lowest BCUT2D eigenvalue weighted by Gasteiger charge is -2.53. The largest absolute Gasteiger partial charge is 0.0625 e. The Morgan fingerprint density at radius 1 is 1.00 bits per heavy atom. The van der Waals surface area contributed by atoms with Crippen LogP contribution in [0, 0.1) is 29.1 Å². The maximum absolute atomic E-state index is 2.57. The van der Waals surface area contributed by atoms with E-state index < -0.39 is 0 Å². The highest BCUT2D eigenvalue weighted by molar-refractivity contribution is 4.96. The first-order valence-corrected chi connectivity index (χ1v) is 6.54. The highest BCUT2D eigenvalue weighted by Crippen LogP contribution is 2.55. The molecule has 2 aliphatic rings. The van der Waals surface area contributed by atoms with Crippen molar-refractivity contribution >= 4 is 0 Å². The molecule has 0 aromatic heterocycles. The SMILES string of the molecule is CC1CCC2(C)C(CCC(C)C2C)C1. The third kappa shape index (κ3) is 1.51. The van der Waals surface area contributed by atoms with Crippen molar-refractivity contribution < 1.29 is 0 Å². The molecule has 0 aromatic carbocycles. The summed E-state index contributed by atoms with van der Waals surface area (Å²) in [7, 11) is 0. The highest BCUT2D eigenvalue weighted by atomic mass is 14.5. The smallest absolute Gasteiger partial charge is 0.0269 e. The zero-order valence-electron chi connectivity index (χ0n) is 10.3. The lowest BCUT2D eigenvalue weighted by molar-refractivity contribution is -0.0342. The number of fused-ring (bicyclic) bond motifs is 1. The first-order chi connectivity index (χ1) is 6.54. The average molecular weight is 194 g/mol. The van der Waals surface area contributed by atoms with Gasteiger partial charge in [0.15, 0.2) is 0 Å². The molecule has 2 aliphatic carbocycles. The van der Waals surface area contributed by atoms with Crippen LogP contribution in [0.4, 0.5) is 0 Å². The van der Waals surface area contributed by atoms with Crippen LogP contribution < -0.4 is 0 Å². The van der Waals surface area contributed by atoms with Crippen LogP contribution in [0.1, 0.15) is 59.8 Å². The van der Waals surface area contributed by atoms with E-state index in [0.29, 0.717) is 5.41 Å². The van der Waals surface area contributed by atoms with Crippen LogP contribution in [0.2, 0.25) is 0 Å². The van der Waals surface area contributed by atoms with Gasteiger partial charge in [-0.2, -0.15) is 0 Å². The summed E-state index contributed by atoms with van der Waals surface area (Å²) >= 11 is 0. The van der Waals surface area contributed by atoms with Crippen LogP contribution in [0.15, 0.2) is 0 Å². The van der Waals surface area contributed by atoms with E-state index >= 15 is 0 Å². The summed E-state index contributed by atoms with van der Waals surface area (Å²) < 4.78 is 0. The van der Waals surface area contributed by atoms with Gasteiger partial charge < -0.3 is 0 Å². The van der Waals surface area contributed by atoms with E-state index in [0.717, 1.165) is 23.7 Å². The van der Waals surface area contributed by atoms with E-state index in [1.54, 1.807) is 0 Å². The third-order valence-corrected chi connectivity index (χ3v) is 5.66. The molecular weight excluding hydrogens is 168 g/mol. The number of hydrogen-bond donors (Lipinski definition) is 0. The van der Waals surface area contributed by atoms with Gasteiger partial charge in [-0.25, -0.2) is 0 Å². The first-order valence-electron chi connectivity index (χ1n) is 6.54. The third-order valence-electron chi connectivity index (χ3n) is 5.66. The van der Waals surface area contributed by atoms with Gasteiger partial charge in [-0.1, -0.05) is 40.5 Å². The summed E-state index contributed by atoms with van der Waals surface area (Å²) in [5.41, 5.74) is 0.685. The Labute approximate surface area is 89.5 Å². The summed E-state index contributed by atoms with van der Waals surface area (Å²) in [5.74, 6) is 3.95. The molecular formula is C14H26. The minimum atomic E-state index is 0.685. The van der Waals surface area contributed by atoms with E-state index in [2.05, 4.69) is 27.7 Å². The molecule has 0 radical (unpaired) electrons. The molecule has 5 atom stereocenters. The van der Waals surface area contributed by atoms with Crippen molar-refractivity contribution in [3.8, 4) is 0 Å². The van der Waals surface area contributed by atoms with Crippen LogP contribution >= 0.6 is 0 Å². The maximum Gasteiger partial charge on any atom is -0.0269 e. The molecule has 0 bridgehead atoms. The quantitative estimate of drug-likeness (QED) is 0.533. The average Bonchev–Trinajstić information content (AvgIpc) is 2.16. The van der Waals surface area contributed by atoms with Crippen molar-refractivity contribution in [3.05, 3.63) is 0 Å². The molecule has 5 unspecified atom stereocenters. The molecule has 2 fully saturated rings. The summed E-state index contributed by atoms with van der Waals surface area (Å²) in [5, 5.41) is 0. The maximum atomic E-state index is 2.57. The minimum Gasteiger partial charge on any atom is -0.0625 e. The van der Waals surface area contributed by atoms with Crippen LogP contribution in [0.25, 0.3) is 0 Å². The van der Waals surface area contributed by atoms with Crippen molar-refractivity contribution in [2.75, 3.05) is 0 Å². The molecule has 0 amide bonds. The second-order valence-corrected chi connectivity index (χ2v) is 6.43. The Kier molecular flexibility index (Phi) is 2.66. The predicted molar refractivity (Wildman–Crippen MR) is 62.2 cm³/mol. The van der Waals surface area contributed by atoms with Crippen molar-refractivity contribution in [2.24, 2.45) is 29.1 Å². The first kappa shape index (κ1) is 10.5. The monoisotopic (exact) mass is 194 g/mol. The van der Waals surface area contributed by atoms with E-state index in [4.69, 9.17) is 0 Å². The molecule has 0 saturated heterocycles. The summed E-state index contributed by atoms with van der Waals surface area (Å²) in [4.78, 5) is 0. The summed E-state index contributed by atoms with van der Waals surface area (Å²) in [6.07, 6.45) is 7.46. The van der Waals surface area contributed by atoms with Gasteiger partial charge in [-0.05, 0) is 48.3 Å². The molecule has 0 heteroatoms. The van der Waals surface area contributed by atoms with Crippen molar-refractivity contribution in [3.63, 3.8) is 0 Å². The second kappa shape index (κ2) is 3.54. The molecule has 0 heterocycles. The zero-order chi connectivity index (χ0) is 10.3. The van der Waals surface area contributed by atoms with Gasteiger partial charge in [0.25, 0.3) is 0 Å². The Morgan fingerprint density at radius 3 is 2.43 bits per heavy atom. The van der Waals surface area contributed by atoms with Gasteiger partial charge in [-0.3, -0.25) is 0 Å². The number of hydrogen-bond acceptors (Lipinski definition) is 0. The van der Waals surface area contributed by atoms with Crippen LogP contribution in [0.3, 0.4) is 0 Å². The normalized spacial score (nSPS) is 54.0.